The topological polar surface area (TPSA) is 78.2 Å². The molecular formula is C20H14ClF2N3O3S. The lowest BCUT2D eigenvalue weighted by molar-refractivity contribution is 0.0333. The number of nitrogens with one attached hydrogen (secondary N) is 2. The summed E-state index contributed by atoms with van der Waals surface area (Å²) in [7, 11) is 1.60. The Bertz CT molecular complexity index is 1390. The lowest BCUT2D eigenvalue weighted by Gasteiger charge is -2.33. The van der Waals surface area contributed by atoms with Gasteiger partial charge in [-0.25, -0.2) is 8.78 Å². The number of aromatic nitrogens is 2. The number of pyridine rings is 1. The van der Waals surface area contributed by atoms with Crippen molar-refractivity contribution >= 4 is 49.8 Å². The molecule has 0 fully saturated rings. The van der Waals surface area contributed by atoms with Gasteiger partial charge < -0.3 is 19.6 Å². The quantitative estimate of drug-likeness (QED) is 0.477. The molecule has 0 saturated carbocycles. The Morgan fingerprint density at radius 3 is 2.70 bits per heavy atom. The van der Waals surface area contributed by atoms with Gasteiger partial charge in [-0.05, 0) is 23.6 Å². The van der Waals surface area contributed by atoms with Crippen molar-refractivity contribution in [2.75, 3.05) is 13.7 Å². The molecule has 4 heterocycles. The first kappa shape index (κ1) is 19.2. The number of carbonyl (C=O) groups excluding carboxylic acids is 1. The predicted molar refractivity (Wildman–Crippen MR) is 110 cm³/mol. The second kappa shape index (κ2) is 6.90. The molecule has 1 atom stereocenters. The third kappa shape index (κ3) is 2.84. The molecule has 3 aromatic heterocycles. The molecule has 1 amide bonds. The highest BCUT2D eigenvalue weighted by molar-refractivity contribution is 7.17. The fourth-order valence-corrected chi connectivity index (χ4v) is 5.03. The van der Waals surface area contributed by atoms with Crippen molar-refractivity contribution in [2.24, 2.45) is 0 Å². The monoisotopic (exact) mass is 449 g/mol. The summed E-state index contributed by atoms with van der Waals surface area (Å²) in [6.07, 6.45) is 0. The van der Waals surface area contributed by atoms with Gasteiger partial charge in [0.25, 0.3) is 11.5 Å². The fraction of sp³-hybridized carbons (Fsp3) is 0.200. The largest absolute Gasteiger partial charge is 0.373 e. The van der Waals surface area contributed by atoms with Crippen LogP contribution in [0.3, 0.4) is 0 Å². The first-order chi connectivity index (χ1) is 14.3. The average Bonchev–Trinajstić information content (AvgIpc) is 3.30. The number of carbonyl (C=O) groups is 1. The molecule has 6 nitrogen and oxygen atoms in total. The van der Waals surface area contributed by atoms with Gasteiger partial charge in [-0.3, -0.25) is 9.59 Å². The maximum atomic E-state index is 14.0. The highest BCUT2D eigenvalue weighted by Gasteiger charge is 2.32. The molecule has 30 heavy (non-hydrogen) atoms. The molecular weight excluding hydrogens is 436 g/mol. The summed E-state index contributed by atoms with van der Waals surface area (Å²) in [4.78, 5) is 32.7. The summed E-state index contributed by atoms with van der Waals surface area (Å²) in [5.41, 5.74) is 1.47. The number of hydrogen-bond donors (Lipinski definition) is 2. The molecule has 10 heteroatoms. The Morgan fingerprint density at radius 1 is 1.23 bits per heavy atom. The number of fused-ring (bicyclic) bond motifs is 4. The van der Waals surface area contributed by atoms with Crippen molar-refractivity contribution in [3.63, 3.8) is 0 Å². The second-order valence-electron chi connectivity index (χ2n) is 7.11. The van der Waals surface area contributed by atoms with Crippen molar-refractivity contribution in [1.82, 2.24) is 14.9 Å². The van der Waals surface area contributed by atoms with E-state index in [2.05, 4.69) is 9.97 Å². The van der Waals surface area contributed by atoms with E-state index < -0.39 is 23.2 Å². The summed E-state index contributed by atoms with van der Waals surface area (Å²) < 4.78 is 34.2. The maximum Gasteiger partial charge on any atom is 0.270 e. The maximum absolute atomic E-state index is 14.0. The summed E-state index contributed by atoms with van der Waals surface area (Å²) in [6, 6.07) is 2.98. The minimum Gasteiger partial charge on any atom is -0.373 e. The summed E-state index contributed by atoms with van der Waals surface area (Å²) in [5, 5.41) is 2.59. The van der Waals surface area contributed by atoms with Crippen LogP contribution in [0.4, 0.5) is 8.78 Å². The molecule has 0 unspecified atom stereocenters. The number of ether oxygens (including phenoxy) is 1. The van der Waals surface area contributed by atoms with Gasteiger partial charge in [-0.15, -0.1) is 11.3 Å². The average molecular weight is 450 g/mol. The molecule has 1 aliphatic rings. The SMILES string of the molecule is CN(C(=O)c1cc2scc(Cl)c2[nH]1)[C@@H]1COCc2[nH]c(=O)c3cc(F)c(F)cc3c21. The van der Waals surface area contributed by atoms with Crippen molar-refractivity contribution in [2.45, 2.75) is 12.6 Å². The van der Waals surface area contributed by atoms with Gasteiger partial charge in [-0.1, -0.05) is 11.6 Å². The number of H-pyrrole nitrogens is 2. The number of hydrogen-bond acceptors (Lipinski definition) is 4. The van der Waals surface area contributed by atoms with Gasteiger partial charge in [-0.2, -0.15) is 0 Å². The summed E-state index contributed by atoms with van der Waals surface area (Å²) >= 11 is 7.55. The van der Waals surface area contributed by atoms with Crippen LogP contribution >= 0.6 is 22.9 Å². The lowest BCUT2D eigenvalue weighted by atomic mass is 9.95. The third-order valence-electron chi connectivity index (χ3n) is 5.37. The van der Waals surface area contributed by atoms with Crippen molar-refractivity contribution in [3.05, 3.63) is 67.5 Å². The first-order valence-electron chi connectivity index (χ1n) is 8.99. The van der Waals surface area contributed by atoms with Gasteiger partial charge in [0.05, 0.1) is 39.9 Å². The molecule has 0 radical (unpaired) electrons. The Morgan fingerprint density at radius 2 is 1.97 bits per heavy atom. The molecule has 4 aromatic rings. The van der Waals surface area contributed by atoms with E-state index >= 15 is 0 Å². The molecule has 154 valence electrons. The molecule has 1 aromatic carbocycles. The molecule has 0 saturated heterocycles. The first-order valence-corrected chi connectivity index (χ1v) is 10.3. The van der Waals surface area contributed by atoms with E-state index in [1.807, 2.05) is 0 Å². The number of nitrogens with zero attached hydrogens (tertiary/aromatic N) is 1. The van der Waals surface area contributed by atoms with Gasteiger partial charge in [0.1, 0.15) is 5.69 Å². The Kier molecular flexibility index (Phi) is 4.42. The van der Waals surface area contributed by atoms with Crippen LogP contribution in [-0.2, 0) is 11.3 Å². The minimum absolute atomic E-state index is 0.0209. The van der Waals surface area contributed by atoms with Crippen LogP contribution in [-0.4, -0.2) is 34.4 Å². The number of amides is 1. The van der Waals surface area contributed by atoms with Gasteiger partial charge in [0.15, 0.2) is 11.6 Å². The van der Waals surface area contributed by atoms with Crippen LogP contribution in [0.5, 0.6) is 0 Å². The van der Waals surface area contributed by atoms with Gasteiger partial charge >= 0.3 is 0 Å². The van der Waals surface area contributed by atoms with E-state index in [1.165, 1.54) is 16.2 Å². The normalized spacial score (nSPS) is 16.2. The van der Waals surface area contributed by atoms with E-state index in [1.54, 1.807) is 18.5 Å². The Labute approximate surface area is 177 Å². The minimum atomic E-state index is -1.11. The van der Waals surface area contributed by atoms with E-state index in [-0.39, 0.29) is 29.9 Å². The zero-order valence-corrected chi connectivity index (χ0v) is 17.1. The van der Waals surface area contributed by atoms with Crippen LogP contribution < -0.4 is 5.56 Å². The fourth-order valence-electron chi connectivity index (χ4n) is 3.87. The molecule has 2 N–H and O–H groups in total. The van der Waals surface area contributed by atoms with Crippen molar-refractivity contribution < 1.29 is 18.3 Å². The number of halogens is 3. The van der Waals surface area contributed by atoms with E-state index in [0.717, 1.165) is 16.8 Å². The van der Waals surface area contributed by atoms with Crippen molar-refractivity contribution in [3.8, 4) is 0 Å². The van der Waals surface area contributed by atoms with Crippen LogP contribution in [0.15, 0.2) is 28.4 Å². The van der Waals surface area contributed by atoms with Crippen molar-refractivity contribution in [1.29, 1.82) is 0 Å². The number of aromatic amines is 2. The molecule has 0 aliphatic carbocycles. The summed E-state index contributed by atoms with van der Waals surface area (Å²) in [6.45, 7) is 0.247. The number of benzene rings is 1. The highest BCUT2D eigenvalue weighted by atomic mass is 35.5. The smallest absolute Gasteiger partial charge is 0.270 e. The Hall–Kier alpha value is -2.75. The Balaban J connectivity index is 1.62. The number of thiophene rings is 1. The molecule has 1 aliphatic heterocycles. The van der Waals surface area contributed by atoms with E-state index in [0.29, 0.717) is 27.5 Å². The van der Waals surface area contributed by atoms with Crippen LogP contribution in [0.2, 0.25) is 5.02 Å². The highest BCUT2D eigenvalue weighted by Crippen LogP contribution is 2.35. The second-order valence-corrected chi connectivity index (χ2v) is 8.43. The zero-order valence-electron chi connectivity index (χ0n) is 15.5. The van der Waals surface area contributed by atoms with Crippen LogP contribution in [0.1, 0.15) is 27.8 Å². The van der Waals surface area contributed by atoms with E-state index in [9.17, 15) is 18.4 Å². The number of rotatable bonds is 2. The summed E-state index contributed by atoms with van der Waals surface area (Å²) in [5.74, 6) is -2.49. The number of likely N-dealkylation sites (N-methyl/N-ethyl adjacent to an activating group) is 1. The van der Waals surface area contributed by atoms with E-state index in [4.69, 9.17) is 16.3 Å². The van der Waals surface area contributed by atoms with Gasteiger partial charge in [0, 0.05) is 23.7 Å². The van der Waals surface area contributed by atoms with Crippen LogP contribution in [0, 0.1) is 11.6 Å². The zero-order chi connectivity index (χ0) is 21.2. The van der Waals surface area contributed by atoms with Gasteiger partial charge in [0.2, 0.25) is 0 Å². The van der Waals surface area contributed by atoms with Crippen LogP contribution in [0.25, 0.3) is 21.0 Å². The lowest BCUT2D eigenvalue weighted by Crippen LogP contribution is -2.37. The standard InChI is InChI=1S/C20H14ClF2N3O3S/c1-26(20(28)13-4-16-18(24-13)10(21)7-30-16)15-6-29-5-14-17(15)8-2-11(22)12(23)3-9(8)19(27)25-14/h2-4,7,15,24H,5-6H2,1H3,(H,25,27)/t15-/m1/s1. The molecule has 0 spiro atoms. The predicted octanol–water partition coefficient (Wildman–Crippen LogP) is 4.35. The molecule has 5 rings (SSSR count). The third-order valence-corrected chi connectivity index (χ3v) is 6.73. The molecule has 0 bridgehead atoms.